The first-order valence-electron chi connectivity index (χ1n) is 11.2. The number of nitrogens with zero attached hydrogens (tertiary/aromatic N) is 4. The standard InChI is InChI=1S/C27H20N6/c1-3-16-4-2-6-19(9-16)22-14-29-15-24-25(22)31-27(30-24)26-21-11-18(7-8-23(21)32-33-26)20-10-17(5-1)12-28-13-20/h2,4,6-15H,1,3,5H2,(H,30,31)(H,32,33). The van der Waals surface area contributed by atoms with Gasteiger partial charge in [0.1, 0.15) is 5.69 Å². The number of pyridine rings is 2. The number of rotatable bonds is 0. The van der Waals surface area contributed by atoms with E-state index in [1.807, 2.05) is 24.8 Å². The average molecular weight is 428 g/mol. The highest BCUT2D eigenvalue weighted by Crippen LogP contribution is 2.33. The smallest absolute Gasteiger partial charge is 0.159 e. The molecule has 0 radical (unpaired) electrons. The molecule has 4 aromatic heterocycles. The van der Waals surface area contributed by atoms with Crippen molar-refractivity contribution in [1.82, 2.24) is 30.1 Å². The topological polar surface area (TPSA) is 83.1 Å². The maximum atomic E-state index is 4.98. The van der Waals surface area contributed by atoms with Crippen LogP contribution in [0.15, 0.2) is 73.3 Å². The Hall–Kier alpha value is -4.32. The number of aryl methyl sites for hydroxylation is 2. The number of hydrogen-bond acceptors (Lipinski definition) is 4. The third kappa shape index (κ3) is 3.03. The zero-order valence-electron chi connectivity index (χ0n) is 17.8. The van der Waals surface area contributed by atoms with Gasteiger partial charge in [-0.25, -0.2) is 4.98 Å². The molecule has 2 aromatic carbocycles. The second-order valence-electron chi connectivity index (χ2n) is 8.64. The van der Waals surface area contributed by atoms with E-state index in [1.165, 1.54) is 11.1 Å². The highest BCUT2D eigenvalue weighted by Gasteiger charge is 2.16. The maximum absolute atomic E-state index is 4.98. The van der Waals surface area contributed by atoms with Crippen molar-refractivity contribution in [2.24, 2.45) is 0 Å². The lowest BCUT2D eigenvalue weighted by Crippen LogP contribution is -1.93. The lowest BCUT2D eigenvalue weighted by Gasteiger charge is -2.08. The van der Waals surface area contributed by atoms with E-state index >= 15 is 0 Å². The van der Waals surface area contributed by atoms with Crippen LogP contribution in [0.2, 0.25) is 0 Å². The Morgan fingerprint density at radius 2 is 1.64 bits per heavy atom. The van der Waals surface area contributed by atoms with Crippen molar-refractivity contribution in [2.45, 2.75) is 19.3 Å². The Morgan fingerprint density at radius 1 is 0.727 bits per heavy atom. The van der Waals surface area contributed by atoms with Gasteiger partial charge in [-0.05, 0) is 59.7 Å². The van der Waals surface area contributed by atoms with Crippen molar-refractivity contribution >= 4 is 21.9 Å². The predicted octanol–water partition coefficient (Wildman–Crippen LogP) is 5.72. The van der Waals surface area contributed by atoms with E-state index in [1.54, 1.807) is 0 Å². The number of aromatic nitrogens is 6. The predicted molar refractivity (Wildman–Crippen MR) is 130 cm³/mol. The van der Waals surface area contributed by atoms with Gasteiger partial charge in [0.15, 0.2) is 5.82 Å². The van der Waals surface area contributed by atoms with E-state index in [0.717, 1.165) is 75.0 Å². The summed E-state index contributed by atoms with van der Waals surface area (Å²) < 4.78 is 0. The molecule has 6 nitrogen and oxygen atoms in total. The first kappa shape index (κ1) is 18.3. The Kier molecular flexibility index (Phi) is 3.93. The zero-order chi connectivity index (χ0) is 21.8. The number of benzene rings is 2. The SMILES string of the molecule is c1cc2cc(c1)-c1cncc3[nH]c(nc13)-c1n[nH]c3ccc(cc13)-c1cncc(c1)CCC2. The Balaban J connectivity index is 1.51. The molecule has 0 aliphatic carbocycles. The molecule has 5 heterocycles. The van der Waals surface area contributed by atoms with Crippen LogP contribution in [0.1, 0.15) is 17.5 Å². The third-order valence-electron chi connectivity index (χ3n) is 6.48. The van der Waals surface area contributed by atoms with Gasteiger partial charge >= 0.3 is 0 Å². The molecule has 158 valence electrons. The normalized spacial score (nSPS) is 13.1. The molecule has 33 heavy (non-hydrogen) atoms. The first-order valence-corrected chi connectivity index (χ1v) is 11.2. The summed E-state index contributed by atoms with van der Waals surface area (Å²) in [7, 11) is 0. The summed E-state index contributed by atoms with van der Waals surface area (Å²) in [4.78, 5) is 17.4. The van der Waals surface area contributed by atoms with Gasteiger partial charge in [-0.3, -0.25) is 15.1 Å². The van der Waals surface area contributed by atoms with Crippen LogP contribution in [0.4, 0.5) is 0 Å². The minimum absolute atomic E-state index is 0.731. The van der Waals surface area contributed by atoms with Crippen molar-refractivity contribution in [3.8, 4) is 33.8 Å². The summed E-state index contributed by atoms with van der Waals surface area (Å²) in [6.45, 7) is 0. The number of fused-ring (bicyclic) bond motifs is 9. The molecule has 0 amide bonds. The largest absolute Gasteiger partial charge is 0.335 e. The monoisotopic (exact) mass is 428 g/mol. The zero-order valence-corrected chi connectivity index (χ0v) is 17.8. The molecule has 6 aromatic rings. The molecule has 1 aliphatic heterocycles. The van der Waals surface area contributed by atoms with E-state index in [9.17, 15) is 0 Å². The van der Waals surface area contributed by atoms with Crippen molar-refractivity contribution < 1.29 is 0 Å². The maximum Gasteiger partial charge on any atom is 0.159 e. The van der Waals surface area contributed by atoms with E-state index < -0.39 is 0 Å². The number of imidazole rings is 1. The number of aromatic amines is 2. The molecule has 1 aliphatic rings. The van der Waals surface area contributed by atoms with Gasteiger partial charge in [-0.1, -0.05) is 30.3 Å². The van der Waals surface area contributed by atoms with Crippen LogP contribution in [0.5, 0.6) is 0 Å². The van der Waals surface area contributed by atoms with Gasteiger partial charge in [-0.15, -0.1) is 0 Å². The summed E-state index contributed by atoms with van der Waals surface area (Å²) in [6, 6.07) is 17.3. The molecule has 6 heteroatoms. The van der Waals surface area contributed by atoms with Crippen LogP contribution in [-0.2, 0) is 12.8 Å². The molecule has 8 bridgehead atoms. The minimum Gasteiger partial charge on any atom is -0.335 e. The number of H-pyrrole nitrogens is 2. The lowest BCUT2D eigenvalue weighted by molar-refractivity contribution is 0.817. The van der Waals surface area contributed by atoms with E-state index in [0.29, 0.717) is 0 Å². The minimum atomic E-state index is 0.731. The van der Waals surface area contributed by atoms with Crippen LogP contribution in [0.3, 0.4) is 0 Å². The van der Waals surface area contributed by atoms with Gasteiger partial charge in [0, 0.05) is 35.1 Å². The highest BCUT2D eigenvalue weighted by atomic mass is 15.1. The molecule has 7 rings (SSSR count). The van der Waals surface area contributed by atoms with Crippen LogP contribution < -0.4 is 0 Å². The van der Waals surface area contributed by atoms with Crippen molar-refractivity contribution in [3.63, 3.8) is 0 Å². The molecule has 0 saturated carbocycles. The fourth-order valence-electron chi connectivity index (χ4n) is 4.80. The summed E-state index contributed by atoms with van der Waals surface area (Å²) in [5.41, 5.74) is 10.5. The van der Waals surface area contributed by atoms with Gasteiger partial charge in [-0.2, -0.15) is 5.10 Å². The summed E-state index contributed by atoms with van der Waals surface area (Å²) in [5, 5.41) is 8.78. The summed E-state index contributed by atoms with van der Waals surface area (Å²) in [6.07, 6.45) is 10.7. The van der Waals surface area contributed by atoms with Crippen molar-refractivity contribution in [2.75, 3.05) is 0 Å². The lowest BCUT2D eigenvalue weighted by atomic mass is 9.98. The van der Waals surface area contributed by atoms with E-state index in [-0.39, 0.29) is 0 Å². The summed E-state index contributed by atoms with van der Waals surface area (Å²) >= 11 is 0. The fourth-order valence-corrected chi connectivity index (χ4v) is 4.80. The second-order valence-corrected chi connectivity index (χ2v) is 8.64. The molecular formula is C27H20N6. The molecule has 2 N–H and O–H groups in total. The van der Waals surface area contributed by atoms with Crippen LogP contribution in [-0.4, -0.2) is 30.1 Å². The van der Waals surface area contributed by atoms with Crippen LogP contribution in [0, 0.1) is 0 Å². The van der Waals surface area contributed by atoms with Crippen molar-refractivity contribution in [3.05, 3.63) is 84.4 Å². The number of hydrogen-bond donors (Lipinski definition) is 2. The van der Waals surface area contributed by atoms with Crippen LogP contribution >= 0.6 is 0 Å². The average Bonchev–Trinajstić information content (AvgIpc) is 3.47. The fraction of sp³-hybridized carbons (Fsp3) is 0.111. The molecule has 0 atom stereocenters. The van der Waals surface area contributed by atoms with Crippen molar-refractivity contribution in [1.29, 1.82) is 0 Å². The first-order chi connectivity index (χ1) is 16.3. The Bertz CT molecular complexity index is 1660. The van der Waals surface area contributed by atoms with Gasteiger partial charge < -0.3 is 4.98 Å². The van der Waals surface area contributed by atoms with Gasteiger partial charge in [0.05, 0.1) is 22.7 Å². The quantitative estimate of drug-likeness (QED) is 0.324. The van der Waals surface area contributed by atoms with Gasteiger partial charge in [0.25, 0.3) is 0 Å². The second kappa shape index (κ2) is 7.10. The van der Waals surface area contributed by atoms with E-state index in [4.69, 9.17) is 4.98 Å². The van der Waals surface area contributed by atoms with E-state index in [2.05, 4.69) is 73.7 Å². The molecule has 0 spiro atoms. The Labute approximate surface area is 189 Å². The van der Waals surface area contributed by atoms with Gasteiger partial charge in [0.2, 0.25) is 0 Å². The molecule has 0 unspecified atom stereocenters. The third-order valence-corrected chi connectivity index (χ3v) is 6.48. The summed E-state index contributed by atoms with van der Waals surface area (Å²) in [5.74, 6) is 0.731. The molecule has 0 fully saturated rings. The van der Waals surface area contributed by atoms with Crippen LogP contribution in [0.25, 0.3) is 55.7 Å². The Morgan fingerprint density at radius 3 is 2.64 bits per heavy atom. The molecular weight excluding hydrogens is 408 g/mol. The highest BCUT2D eigenvalue weighted by molar-refractivity contribution is 5.98. The molecule has 0 saturated heterocycles. The number of nitrogens with one attached hydrogen (secondary N) is 2.